The number of rotatable bonds is 8. The monoisotopic (exact) mass is 291 g/mol. The van der Waals surface area contributed by atoms with E-state index in [0.717, 1.165) is 12.0 Å². The van der Waals surface area contributed by atoms with E-state index in [9.17, 15) is 9.90 Å². The van der Waals surface area contributed by atoms with E-state index in [-0.39, 0.29) is 23.8 Å². The van der Waals surface area contributed by atoms with Gasteiger partial charge in [0.1, 0.15) is 0 Å². The van der Waals surface area contributed by atoms with Crippen LogP contribution in [0.1, 0.15) is 52.0 Å². The quantitative estimate of drug-likeness (QED) is 0.771. The number of hydrogen-bond acceptors (Lipinski definition) is 2. The molecule has 1 amide bonds. The van der Waals surface area contributed by atoms with Gasteiger partial charge < -0.3 is 10.4 Å². The van der Waals surface area contributed by atoms with Crippen molar-refractivity contribution in [3.63, 3.8) is 0 Å². The molecule has 0 saturated carbocycles. The van der Waals surface area contributed by atoms with Gasteiger partial charge in [0.2, 0.25) is 5.91 Å². The van der Waals surface area contributed by atoms with E-state index in [1.165, 1.54) is 0 Å². The molecule has 1 aromatic rings. The van der Waals surface area contributed by atoms with Gasteiger partial charge in [-0.05, 0) is 24.3 Å². The molecule has 1 atom stereocenters. The Morgan fingerprint density at radius 3 is 2.38 bits per heavy atom. The molecule has 0 aliphatic rings. The maximum atomic E-state index is 12.4. The van der Waals surface area contributed by atoms with Gasteiger partial charge in [0.05, 0.1) is 0 Å². The first-order chi connectivity index (χ1) is 9.86. The SMILES string of the molecule is CC(C)CC(C)(C)C(=O)NCC(CCO)c1ccccc1. The van der Waals surface area contributed by atoms with Crippen LogP contribution in [0, 0.1) is 11.3 Å². The molecule has 2 N–H and O–H groups in total. The first-order valence-electron chi connectivity index (χ1n) is 7.81. The molecular formula is C18H29NO2. The molecule has 0 aromatic heterocycles. The molecule has 0 fully saturated rings. The normalized spacial score (nSPS) is 13.2. The zero-order valence-electron chi connectivity index (χ0n) is 13.7. The highest BCUT2D eigenvalue weighted by Crippen LogP contribution is 2.26. The minimum Gasteiger partial charge on any atom is -0.396 e. The highest BCUT2D eigenvalue weighted by Gasteiger charge is 2.28. The molecule has 1 aromatic carbocycles. The van der Waals surface area contributed by atoms with E-state index >= 15 is 0 Å². The van der Waals surface area contributed by atoms with Crippen molar-refractivity contribution in [2.75, 3.05) is 13.2 Å². The minimum atomic E-state index is -0.353. The van der Waals surface area contributed by atoms with Crippen LogP contribution in [-0.4, -0.2) is 24.2 Å². The van der Waals surface area contributed by atoms with Gasteiger partial charge in [-0.15, -0.1) is 0 Å². The lowest BCUT2D eigenvalue weighted by atomic mass is 9.83. The molecule has 0 aliphatic carbocycles. The van der Waals surface area contributed by atoms with Crippen molar-refractivity contribution in [3.8, 4) is 0 Å². The van der Waals surface area contributed by atoms with Crippen LogP contribution in [-0.2, 0) is 4.79 Å². The molecule has 1 rings (SSSR count). The number of aliphatic hydroxyl groups excluding tert-OH is 1. The number of benzene rings is 1. The van der Waals surface area contributed by atoms with Crippen molar-refractivity contribution in [2.45, 2.75) is 46.5 Å². The third kappa shape index (κ3) is 5.88. The summed E-state index contributed by atoms with van der Waals surface area (Å²) < 4.78 is 0. The van der Waals surface area contributed by atoms with Crippen molar-refractivity contribution in [1.29, 1.82) is 0 Å². The van der Waals surface area contributed by atoms with E-state index in [0.29, 0.717) is 18.9 Å². The second kappa shape index (κ2) is 8.18. The van der Waals surface area contributed by atoms with Gasteiger partial charge in [0.15, 0.2) is 0 Å². The fourth-order valence-electron chi connectivity index (χ4n) is 2.84. The van der Waals surface area contributed by atoms with Crippen LogP contribution < -0.4 is 5.32 Å². The Labute approximate surface area is 128 Å². The van der Waals surface area contributed by atoms with Crippen LogP contribution in [0.4, 0.5) is 0 Å². The summed E-state index contributed by atoms with van der Waals surface area (Å²) in [6, 6.07) is 10.1. The summed E-state index contributed by atoms with van der Waals surface area (Å²) in [4.78, 5) is 12.4. The Kier molecular flexibility index (Phi) is 6.90. The highest BCUT2D eigenvalue weighted by molar-refractivity contribution is 5.81. The van der Waals surface area contributed by atoms with Crippen molar-refractivity contribution in [3.05, 3.63) is 35.9 Å². The van der Waals surface area contributed by atoms with E-state index in [1.807, 2.05) is 44.2 Å². The molecule has 0 radical (unpaired) electrons. The first-order valence-corrected chi connectivity index (χ1v) is 7.81. The first kappa shape index (κ1) is 17.7. The van der Waals surface area contributed by atoms with Crippen molar-refractivity contribution < 1.29 is 9.90 Å². The Morgan fingerprint density at radius 1 is 1.24 bits per heavy atom. The lowest BCUT2D eigenvalue weighted by molar-refractivity contribution is -0.130. The van der Waals surface area contributed by atoms with Crippen LogP contribution in [0.5, 0.6) is 0 Å². The van der Waals surface area contributed by atoms with E-state index in [4.69, 9.17) is 0 Å². The number of carbonyl (C=O) groups excluding carboxylic acids is 1. The number of hydrogen-bond donors (Lipinski definition) is 2. The van der Waals surface area contributed by atoms with Crippen LogP contribution in [0.25, 0.3) is 0 Å². The molecule has 0 saturated heterocycles. The third-order valence-electron chi connectivity index (χ3n) is 3.79. The van der Waals surface area contributed by atoms with Crippen LogP contribution in [0.15, 0.2) is 30.3 Å². The predicted molar refractivity (Wildman–Crippen MR) is 87.1 cm³/mol. The Morgan fingerprint density at radius 2 is 1.86 bits per heavy atom. The standard InChI is InChI=1S/C18H29NO2/c1-14(2)12-18(3,4)17(21)19-13-16(10-11-20)15-8-6-5-7-9-15/h5-9,14,16,20H,10-13H2,1-4H3,(H,19,21). The Bertz CT molecular complexity index is 426. The minimum absolute atomic E-state index is 0.0927. The van der Waals surface area contributed by atoms with E-state index < -0.39 is 0 Å². The zero-order valence-corrected chi connectivity index (χ0v) is 13.7. The van der Waals surface area contributed by atoms with Gasteiger partial charge in [-0.25, -0.2) is 0 Å². The molecule has 3 heteroatoms. The lowest BCUT2D eigenvalue weighted by Crippen LogP contribution is -2.39. The second-order valence-corrected chi connectivity index (χ2v) is 6.81. The topological polar surface area (TPSA) is 49.3 Å². The molecule has 0 aliphatic heterocycles. The summed E-state index contributed by atoms with van der Waals surface area (Å²) in [6.45, 7) is 8.95. The van der Waals surface area contributed by atoms with Crippen molar-refractivity contribution in [1.82, 2.24) is 5.32 Å². The van der Waals surface area contributed by atoms with Crippen LogP contribution >= 0.6 is 0 Å². The van der Waals surface area contributed by atoms with Gasteiger partial charge in [0, 0.05) is 24.5 Å². The third-order valence-corrected chi connectivity index (χ3v) is 3.79. The summed E-state index contributed by atoms with van der Waals surface area (Å²) in [5.74, 6) is 0.748. The van der Waals surface area contributed by atoms with Crippen molar-refractivity contribution >= 4 is 5.91 Å². The van der Waals surface area contributed by atoms with E-state index in [1.54, 1.807) is 0 Å². The Balaban J connectivity index is 2.63. The van der Waals surface area contributed by atoms with Gasteiger partial charge >= 0.3 is 0 Å². The highest BCUT2D eigenvalue weighted by atomic mass is 16.3. The molecule has 3 nitrogen and oxygen atoms in total. The molecule has 0 heterocycles. The van der Waals surface area contributed by atoms with Crippen LogP contribution in [0.2, 0.25) is 0 Å². The summed E-state index contributed by atoms with van der Waals surface area (Å²) in [7, 11) is 0. The summed E-state index contributed by atoms with van der Waals surface area (Å²) >= 11 is 0. The lowest BCUT2D eigenvalue weighted by Gasteiger charge is -2.27. The molecule has 0 spiro atoms. The number of nitrogens with one attached hydrogen (secondary N) is 1. The van der Waals surface area contributed by atoms with Gasteiger partial charge in [-0.1, -0.05) is 58.0 Å². The molecule has 118 valence electrons. The second-order valence-electron chi connectivity index (χ2n) is 6.81. The van der Waals surface area contributed by atoms with Gasteiger partial charge in [-0.2, -0.15) is 0 Å². The number of carbonyl (C=O) groups is 1. The average molecular weight is 291 g/mol. The van der Waals surface area contributed by atoms with Gasteiger partial charge in [-0.3, -0.25) is 4.79 Å². The number of aliphatic hydroxyl groups is 1. The summed E-state index contributed by atoms with van der Waals surface area (Å²) in [6.07, 6.45) is 1.53. The molecular weight excluding hydrogens is 262 g/mol. The molecule has 1 unspecified atom stereocenters. The average Bonchev–Trinajstić information content (AvgIpc) is 2.42. The smallest absolute Gasteiger partial charge is 0.225 e. The van der Waals surface area contributed by atoms with E-state index in [2.05, 4.69) is 19.2 Å². The Hall–Kier alpha value is -1.35. The van der Waals surface area contributed by atoms with Gasteiger partial charge in [0.25, 0.3) is 0 Å². The maximum absolute atomic E-state index is 12.4. The largest absolute Gasteiger partial charge is 0.396 e. The summed E-state index contributed by atoms with van der Waals surface area (Å²) in [5, 5.41) is 12.3. The number of amides is 1. The zero-order chi connectivity index (χ0) is 15.9. The van der Waals surface area contributed by atoms with Crippen LogP contribution in [0.3, 0.4) is 0 Å². The van der Waals surface area contributed by atoms with Crippen molar-refractivity contribution in [2.24, 2.45) is 11.3 Å². The fraction of sp³-hybridized carbons (Fsp3) is 0.611. The molecule has 21 heavy (non-hydrogen) atoms. The maximum Gasteiger partial charge on any atom is 0.225 e. The molecule has 0 bridgehead atoms. The summed E-state index contributed by atoms with van der Waals surface area (Å²) in [5.41, 5.74) is 0.808. The predicted octanol–water partition coefficient (Wildman–Crippen LogP) is 3.34. The fourth-order valence-corrected chi connectivity index (χ4v) is 2.84.